The van der Waals surface area contributed by atoms with Crippen molar-refractivity contribution in [2.24, 2.45) is 0 Å². The first-order chi connectivity index (χ1) is 9.51. The summed E-state index contributed by atoms with van der Waals surface area (Å²) in [5.41, 5.74) is 0.134. The van der Waals surface area contributed by atoms with Crippen LogP contribution in [0.15, 0.2) is 40.1 Å². The topological polar surface area (TPSA) is 95.7 Å². The van der Waals surface area contributed by atoms with Gasteiger partial charge in [-0.15, -0.1) is 0 Å². The van der Waals surface area contributed by atoms with E-state index in [1.54, 1.807) is 6.92 Å². The summed E-state index contributed by atoms with van der Waals surface area (Å²) >= 11 is 0. The Balaban J connectivity index is 2.28. The van der Waals surface area contributed by atoms with Crippen LogP contribution in [0, 0.1) is 18.3 Å². The fraction of sp³-hybridized carbons (Fsp3) is 0.143. The molecule has 0 aliphatic carbocycles. The molecule has 2 rings (SSSR count). The Morgan fingerprint density at radius 1 is 1.30 bits per heavy atom. The van der Waals surface area contributed by atoms with Gasteiger partial charge in [-0.2, -0.15) is 5.26 Å². The summed E-state index contributed by atoms with van der Waals surface area (Å²) in [4.78, 5) is 37.0. The van der Waals surface area contributed by atoms with E-state index in [1.165, 1.54) is 30.5 Å². The fourth-order valence-corrected chi connectivity index (χ4v) is 1.71. The van der Waals surface area contributed by atoms with Crippen molar-refractivity contribution in [1.29, 1.82) is 5.26 Å². The smallest absolute Gasteiger partial charge is 0.293 e. The zero-order valence-electron chi connectivity index (χ0n) is 10.7. The van der Waals surface area contributed by atoms with Crippen molar-refractivity contribution in [1.82, 2.24) is 9.55 Å². The van der Waals surface area contributed by atoms with Gasteiger partial charge < -0.3 is 0 Å². The van der Waals surface area contributed by atoms with Crippen molar-refractivity contribution >= 4 is 5.78 Å². The van der Waals surface area contributed by atoms with E-state index >= 15 is 0 Å². The predicted octanol–water partition coefficient (Wildman–Crippen LogP) is 0.600. The van der Waals surface area contributed by atoms with E-state index < -0.39 is 11.2 Å². The number of carbonyl (C=O) groups is 1. The van der Waals surface area contributed by atoms with Gasteiger partial charge in [-0.05, 0) is 19.1 Å². The molecule has 0 amide bonds. The zero-order valence-corrected chi connectivity index (χ0v) is 10.7. The molecule has 1 aromatic heterocycles. The predicted molar refractivity (Wildman–Crippen MR) is 71.5 cm³/mol. The van der Waals surface area contributed by atoms with Crippen molar-refractivity contribution in [2.45, 2.75) is 13.5 Å². The lowest BCUT2D eigenvalue weighted by Crippen LogP contribution is -2.32. The van der Waals surface area contributed by atoms with Crippen molar-refractivity contribution in [2.75, 3.05) is 0 Å². The molecular formula is C14H11N3O3. The first kappa shape index (κ1) is 13.5. The quantitative estimate of drug-likeness (QED) is 0.825. The molecule has 0 atom stereocenters. The van der Waals surface area contributed by atoms with Crippen LogP contribution in [0.4, 0.5) is 0 Å². The van der Waals surface area contributed by atoms with Gasteiger partial charge >= 0.3 is 5.69 Å². The number of nitrogens with zero attached hydrogens (tertiary/aromatic N) is 2. The standard InChI is InChI=1S/C14H11N3O3/c1-9-7-17(14(20)16-13(9)19)8-12(18)11-4-2-10(6-15)3-5-11/h2-5,7H,8H2,1H3,(H,16,19,20). The molecule has 0 aliphatic rings. The Hall–Kier alpha value is -2.94. The molecule has 1 heterocycles. The summed E-state index contributed by atoms with van der Waals surface area (Å²) in [5, 5.41) is 8.68. The van der Waals surface area contributed by atoms with Crippen molar-refractivity contribution < 1.29 is 4.79 Å². The SMILES string of the molecule is Cc1cn(CC(=O)c2ccc(C#N)cc2)c(=O)[nH]c1=O. The second-order valence-electron chi connectivity index (χ2n) is 4.31. The van der Waals surface area contributed by atoms with Gasteiger partial charge in [-0.25, -0.2) is 4.79 Å². The average molecular weight is 269 g/mol. The van der Waals surface area contributed by atoms with Gasteiger partial charge in [0.2, 0.25) is 0 Å². The molecule has 2 aromatic rings. The van der Waals surface area contributed by atoms with E-state index in [4.69, 9.17) is 5.26 Å². The van der Waals surface area contributed by atoms with Crippen LogP contribution in [0.2, 0.25) is 0 Å². The lowest BCUT2D eigenvalue weighted by molar-refractivity contribution is 0.0970. The molecule has 20 heavy (non-hydrogen) atoms. The normalized spacial score (nSPS) is 10.0. The maximum Gasteiger partial charge on any atom is 0.328 e. The van der Waals surface area contributed by atoms with E-state index in [-0.39, 0.29) is 12.3 Å². The lowest BCUT2D eigenvalue weighted by atomic mass is 10.1. The Kier molecular flexibility index (Phi) is 3.62. The minimum Gasteiger partial charge on any atom is -0.293 e. The number of rotatable bonds is 3. The van der Waals surface area contributed by atoms with Crippen LogP contribution in [-0.2, 0) is 6.54 Å². The highest BCUT2D eigenvalue weighted by atomic mass is 16.2. The molecule has 0 unspecified atom stereocenters. The number of carbonyl (C=O) groups excluding carboxylic acids is 1. The van der Waals surface area contributed by atoms with Gasteiger partial charge in [-0.3, -0.25) is 19.1 Å². The van der Waals surface area contributed by atoms with Crippen LogP contribution in [-0.4, -0.2) is 15.3 Å². The van der Waals surface area contributed by atoms with Crippen LogP contribution in [0.25, 0.3) is 0 Å². The summed E-state index contributed by atoms with van der Waals surface area (Å²) in [6, 6.07) is 8.10. The molecule has 0 aliphatic heterocycles. The first-order valence-electron chi connectivity index (χ1n) is 5.85. The van der Waals surface area contributed by atoms with Crippen LogP contribution in [0.5, 0.6) is 0 Å². The highest BCUT2D eigenvalue weighted by molar-refractivity contribution is 5.95. The van der Waals surface area contributed by atoms with Gasteiger partial charge in [0.05, 0.1) is 18.2 Å². The van der Waals surface area contributed by atoms with E-state index in [1.807, 2.05) is 6.07 Å². The van der Waals surface area contributed by atoms with Crippen molar-refractivity contribution in [3.63, 3.8) is 0 Å². The maximum absolute atomic E-state index is 12.0. The van der Waals surface area contributed by atoms with Crippen LogP contribution >= 0.6 is 0 Å². The number of hydrogen-bond donors (Lipinski definition) is 1. The van der Waals surface area contributed by atoms with Gasteiger partial charge in [0.25, 0.3) is 5.56 Å². The Labute approximate surface area is 113 Å². The third kappa shape index (κ3) is 2.72. The summed E-state index contributed by atoms with van der Waals surface area (Å²) < 4.78 is 1.15. The molecule has 0 saturated carbocycles. The molecule has 1 aromatic carbocycles. The van der Waals surface area contributed by atoms with Crippen LogP contribution in [0.3, 0.4) is 0 Å². The van der Waals surface area contributed by atoms with Gasteiger partial charge in [0, 0.05) is 17.3 Å². The van der Waals surface area contributed by atoms with Gasteiger partial charge in [-0.1, -0.05) is 12.1 Å². The van der Waals surface area contributed by atoms with E-state index in [0.717, 1.165) is 4.57 Å². The van der Waals surface area contributed by atoms with E-state index in [0.29, 0.717) is 16.7 Å². The molecule has 0 bridgehead atoms. The van der Waals surface area contributed by atoms with E-state index in [9.17, 15) is 14.4 Å². The molecule has 6 nitrogen and oxygen atoms in total. The molecule has 0 radical (unpaired) electrons. The fourth-order valence-electron chi connectivity index (χ4n) is 1.71. The number of hydrogen-bond acceptors (Lipinski definition) is 4. The molecular weight excluding hydrogens is 258 g/mol. The third-order valence-electron chi connectivity index (χ3n) is 2.84. The highest BCUT2D eigenvalue weighted by Crippen LogP contribution is 2.05. The number of aryl methyl sites for hydroxylation is 1. The third-order valence-corrected chi connectivity index (χ3v) is 2.84. The molecule has 1 N–H and O–H groups in total. The van der Waals surface area contributed by atoms with Gasteiger partial charge in [0.1, 0.15) is 0 Å². The molecule has 0 saturated heterocycles. The highest BCUT2D eigenvalue weighted by Gasteiger charge is 2.09. The van der Waals surface area contributed by atoms with Crippen LogP contribution < -0.4 is 11.2 Å². The number of nitrogens with one attached hydrogen (secondary N) is 1. The van der Waals surface area contributed by atoms with Crippen molar-refractivity contribution in [3.8, 4) is 6.07 Å². The number of Topliss-reactive ketones (excluding diaryl/α,β-unsaturated/α-hetero) is 1. The number of ketones is 1. The average Bonchev–Trinajstić information content (AvgIpc) is 2.44. The zero-order chi connectivity index (χ0) is 14.7. The van der Waals surface area contributed by atoms with Crippen molar-refractivity contribution in [3.05, 3.63) is 68.0 Å². The minimum absolute atomic E-state index is 0.164. The largest absolute Gasteiger partial charge is 0.328 e. The van der Waals surface area contributed by atoms with Crippen LogP contribution in [0.1, 0.15) is 21.5 Å². The number of aromatic amines is 1. The summed E-state index contributed by atoms with van der Waals surface area (Å²) in [7, 11) is 0. The summed E-state index contributed by atoms with van der Waals surface area (Å²) in [5.74, 6) is -0.275. The second-order valence-corrected chi connectivity index (χ2v) is 4.31. The Morgan fingerprint density at radius 3 is 2.55 bits per heavy atom. The molecule has 0 fully saturated rings. The lowest BCUT2D eigenvalue weighted by Gasteiger charge is -2.05. The first-order valence-corrected chi connectivity index (χ1v) is 5.85. The second kappa shape index (κ2) is 5.36. The molecule has 6 heteroatoms. The maximum atomic E-state index is 12.0. The Morgan fingerprint density at radius 2 is 1.95 bits per heavy atom. The van der Waals surface area contributed by atoms with Gasteiger partial charge in [0.15, 0.2) is 5.78 Å². The summed E-state index contributed by atoms with van der Waals surface area (Å²) in [6.45, 7) is 1.39. The number of nitriles is 1. The minimum atomic E-state index is -0.623. The Bertz CT molecular complexity index is 807. The monoisotopic (exact) mass is 269 g/mol. The molecule has 100 valence electrons. The number of H-pyrrole nitrogens is 1. The van der Waals surface area contributed by atoms with E-state index in [2.05, 4.69) is 4.98 Å². The molecule has 0 spiro atoms. The number of aromatic nitrogens is 2. The number of benzene rings is 1. The summed E-state index contributed by atoms with van der Waals surface area (Å²) in [6.07, 6.45) is 1.35.